The lowest BCUT2D eigenvalue weighted by Crippen LogP contribution is -2.08. The minimum atomic E-state index is 0.736. The van der Waals surface area contributed by atoms with Crippen LogP contribution in [0.15, 0.2) is 35.7 Å². The molecule has 0 unspecified atom stereocenters. The van der Waals surface area contributed by atoms with E-state index >= 15 is 0 Å². The van der Waals surface area contributed by atoms with Crippen LogP contribution < -0.4 is 9.64 Å². The van der Waals surface area contributed by atoms with E-state index in [9.17, 15) is 0 Å². The topological polar surface area (TPSA) is 12.5 Å². The van der Waals surface area contributed by atoms with Crippen molar-refractivity contribution >= 4 is 33.6 Å². The van der Waals surface area contributed by atoms with Crippen LogP contribution in [-0.4, -0.2) is 14.2 Å². The monoisotopic (exact) mass is 253 g/mol. The summed E-state index contributed by atoms with van der Waals surface area (Å²) >= 11 is 7.61. The summed E-state index contributed by atoms with van der Waals surface area (Å²) in [6.07, 6.45) is 0. The lowest BCUT2D eigenvalue weighted by atomic mass is 10.3. The Hall–Kier alpha value is -1.19. The number of hydrogen-bond acceptors (Lipinski definition) is 3. The van der Waals surface area contributed by atoms with Gasteiger partial charge in [0, 0.05) is 17.8 Å². The van der Waals surface area contributed by atoms with E-state index < -0.39 is 0 Å². The quantitative estimate of drug-likeness (QED) is 0.814. The lowest BCUT2D eigenvalue weighted by Gasteiger charge is -2.18. The maximum Gasteiger partial charge on any atom is 0.153 e. The molecule has 0 amide bonds. The molecule has 0 atom stereocenters. The largest absolute Gasteiger partial charge is 0.494 e. The molecule has 2 nitrogen and oxygen atoms in total. The van der Waals surface area contributed by atoms with Crippen LogP contribution >= 0.6 is 22.9 Å². The number of halogens is 1. The number of ether oxygens (including phenoxy) is 1. The molecule has 0 saturated carbocycles. The van der Waals surface area contributed by atoms with Gasteiger partial charge in [-0.05, 0) is 29.6 Å². The van der Waals surface area contributed by atoms with Crippen LogP contribution in [0.1, 0.15) is 0 Å². The number of nitrogens with zero attached hydrogens (tertiary/aromatic N) is 1. The molecule has 1 heterocycles. The number of benzene rings is 1. The minimum absolute atomic E-state index is 0.736. The Morgan fingerprint density at radius 1 is 1.31 bits per heavy atom. The first kappa shape index (κ1) is 11.3. The molecule has 84 valence electrons. The molecule has 0 aliphatic heterocycles. The van der Waals surface area contributed by atoms with E-state index in [1.807, 2.05) is 42.8 Å². The summed E-state index contributed by atoms with van der Waals surface area (Å²) in [5.74, 6) is 0.882. The molecule has 16 heavy (non-hydrogen) atoms. The van der Waals surface area contributed by atoms with Gasteiger partial charge in [0.2, 0.25) is 0 Å². The highest BCUT2D eigenvalue weighted by Gasteiger charge is 2.11. The summed E-state index contributed by atoms with van der Waals surface area (Å²) in [6.45, 7) is 0. The van der Waals surface area contributed by atoms with Gasteiger partial charge in [0.1, 0.15) is 5.00 Å². The first-order valence-corrected chi connectivity index (χ1v) is 6.09. The smallest absolute Gasteiger partial charge is 0.153 e. The number of thiophene rings is 1. The van der Waals surface area contributed by atoms with Gasteiger partial charge >= 0.3 is 0 Å². The van der Waals surface area contributed by atoms with E-state index in [4.69, 9.17) is 16.3 Å². The van der Waals surface area contributed by atoms with Crippen molar-refractivity contribution in [1.29, 1.82) is 0 Å². The molecule has 4 heteroatoms. The maximum absolute atomic E-state index is 5.97. The fourth-order valence-corrected chi connectivity index (χ4v) is 2.53. The molecule has 0 aliphatic rings. The molecular weight excluding hydrogens is 242 g/mol. The fourth-order valence-electron chi connectivity index (χ4n) is 1.49. The zero-order valence-electron chi connectivity index (χ0n) is 9.11. The fraction of sp³-hybridized carbons (Fsp3) is 0.167. The predicted molar refractivity (Wildman–Crippen MR) is 70.4 cm³/mol. The highest BCUT2D eigenvalue weighted by molar-refractivity contribution is 7.14. The van der Waals surface area contributed by atoms with Crippen LogP contribution in [0.3, 0.4) is 0 Å². The average molecular weight is 254 g/mol. The van der Waals surface area contributed by atoms with E-state index in [1.54, 1.807) is 18.4 Å². The molecule has 0 saturated heterocycles. The number of methoxy groups -OCH3 is 1. The van der Waals surface area contributed by atoms with Gasteiger partial charge in [-0.2, -0.15) is 0 Å². The van der Waals surface area contributed by atoms with Gasteiger partial charge in [-0.25, -0.2) is 0 Å². The highest BCUT2D eigenvalue weighted by Crippen LogP contribution is 2.37. The van der Waals surface area contributed by atoms with Crippen molar-refractivity contribution in [3.05, 3.63) is 40.7 Å². The summed E-state index contributed by atoms with van der Waals surface area (Å²) in [5, 5.41) is 3.82. The summed E-state index contributed by atoms with van der Waals surface area (Å²) in [5.41, 5.74) is 1.05. The third-order valence-corrected chi connectivity index (χ3v) is 3.54. The van der Waals surface area contributed by atoms with Gasteiger partial charge in [-0.1, -0.05) is 17.7 Å². The summed E-state index contributed by atoms with van der Waals surface area (Å²) < 4.78 is 5.29. The molecule has 0 bridgehead atoms. The van der Waals surface area contributed by atoms with Crippen molar-refractivity contribution < 1.29 is 4.74 Å². The third-order valence-electron chi connectivity index (χ3n) is 2.33. The molecule has 2 aromatic rings. The Labute approximate surface area is 104 Å². The van der Waals surface area contributed by atoms with Crippen molar-refractivity contribution in [2.45, 2.75) is 0 Å². The van der Waals surface area contributed by atoms with Gasteiger partial charge < -0.3 is 9.64 Å². The average Bonchev–Trinajstić information content (AvgIpc) is 2.76. The molecule has 0 spiro atoms. The summed E-state index contributed by atoms with van der Waals surface area (Å²) in [4.78, 5) is 2.06. The molecular formula is C12H12ClNOS. The normalized spacial score (nSPS) is 10.2. The SMILES string of the molecule is COc1ccsc1N(C)c1cccc(Cl)c1. The van der Waals surface area contributed by atoms with Crippen LogP contribution in [0.25, 0.3) is 0 Å². The van der Waals surface area contributed by atoms with Crippen molar-refractivity contribution in [2.75, 3.05) is 19.1 Å². The van der Waals surface area contributed by atoms with Crippen LogP contribution in [0.4, 0.5) is 10.7 Å². The second-order valence-corrected chi connectivity index (χ2v) is 4.66. The maximum atomic E-state index is 5.97. The van der Waals surface area contributed by atoms with Gasteiger partial charge in [0.25, 0.3) is 0 Å². The molecule has 0 radical (unpaired) electrons. The van der Waals surface area contributed by atoms with Crippen molar-refractivity contribution in [1.82, 2.24) is 0 Å². The molecule has 1 aromatic heterocycles. The molecule has 0 fully saturated rings. The number of anilines is 2. The first-order valence-electron chi connectivity index (χ1n) is 4.83. The molecule has 2 rings (SSSR count). The second-order valence-electron chi connectivity index (χ2n) is 3.33. The zero-order valence-corrected chi connectivity index (χ0v) is 10.7. The van der Waals surface area contributed by atoms with Crippen molar-refractivity contribution in [3.63, 3.8) is 0 Å². The van der Waals surface area contributed by atoms with E-state index in [0.29, 0.717) is 0 Å². The molecule has 0 aliphatic carbocycles. The van der Waals surface area contributed by atoms with Gasteiger partial charge in [-0.3, -0.25) is 0 Å². The number of hydrogen-bond donors (Lipinski definition) is 0. The van der Waals surface area contributed by atoms with Crippen LogP contribution in [-0.2, 0) is 0 Å². The molecule has 1 aromatic carbocycles. The second kappa shape index (κ2) is 4.76. The number of rotatable bonds is 3. The Morgan fingerprint density at radius 3 is 2.81 bits per heavy atom. The third kappa shape index (κ3) is 2.15. The Morgan fingerprint density at radius 2 is 2.12 bits per heavy atom. The summed E-state index contributed by atoms with van der Waals surface area (Å²) in [6, 6.07) is 9.71. The Balaban J connectivity index is 2.35. The van der Waals surface area contributed by atoms with E-state index in [1.165, 1.54) is 0 Å². The van der Waals surface area contributed by atoms with Gasteiger partial charge in [0.15, 0.2) is 5.75 Å². The standard InChI is InChI=1S/C12H12ClNOS/c1-14(10-5-3-4-9(13)8-10)12-11(15-2)6-7-16-12/h3-8H,1-2H3. The van der Waals surface area contributed by atoms with E-state index in [-0.39, 0.29) is 0 Å². The zero-order chi connectivity index (χ0) is 11.5. The predicted octanol–water partition coefficient (Wildman–Crippen LogP) is 4.18. The van der Waals surface area contributed by atoms with E-state index in [2.05, 4.69) is 4.90 Å². The first-order chi connectivity index (χ1) is 7.72. The van der Waals surface area contributed by atoms with Gasteiger partial charge in [-0.15, -0.1) is 11.3 Å². The van der Waals surface area contributed by atoms with Gasteiger partial charge in [0.05, 0.1) is 7.11 Å². The lowest BCUT2D eigenvalue weighted by molar-refractivity contribution is 0.417. The van der Waals surface area contributed by atoms with Crippen LogP contribution in [0, 0.1) is 0 Å². The summed E-state index contributed by atoms with van der Waals surface area (Å²) in [7, 11) is 3.68. The Bertz CT molecular complexity index is 483. The van der Waals surface area contributed by atoms with Crippen LogP contribution in [0.2, 0.25) is 5.02 Å². The van der Waals surface area contributed by atoms with Crippen molar-refractivity contribution in [3.8, 4) is 5.75 Å². The minimum Gasteiger partial charge on any atom is -0.494 e. The molecule has 0 N–H and O–H groups in total. The van der Waals surface area contributed by atoms with E-state index in [0.717, 1.165) is 21.5 Å². The van der Waals surface area contributed by atoms with Crippen molar-refractivity contribution in [2.24, 2.45) is 0 Å². The Kier molecular flexibility index (Phi) is 3.36. The van der Waals surface area contributed by atoms with Crippen LogP contribution in [0.5, 0.6) is 5.75 Å². The highest BCUT2D eigenvalue weighted by atomic mass is 35.5.